The summed E-state index contributed by atoms with van der Waals surface area (Å²) in [7, 11) is 0. The average Bonchev–Trinajstić information content (AvgIpc) is 3.12. The van der Waals surface area contributed by atoms with E-state index in [0.29, 0.717) is 5.69 Å². The van der Waals surface area contributed by atoms with Gasteiger partial charge in [-0.25, -0.2) is 9.07 Å². The Kier molecular flexibility index (Phi) is 4.80. The number of nitrogens with zero attached hydrogens (tertiary/aromatic N) is 4. The second-order valence-corrected chi connectivity index (χ2v) is 6.49. The first-order valence-corrected chi connectivity index (χ1v) is 8.89. The van der Waals surface area contributed by atoms with Gasteiger partial charge in [0.05, 0.1) is 47.4 Å². The lowest BCUT2D eigenvalue weighted by molar-refractivity contribution is -0.121. The van der Waals surface area contributed by atoms with Crippen LogP contribution < -0.4 is 5.32 Å². The first-order chi connectivity index (χ1) is 13.6. The minimum Gasteiger partial charge on any atom is -0.348 e. The minimum atomic E-state index is -0.299. The normalized spacial score (nSPS) is 12.1. The van der Waals surface area contributed by atoms with Gasteiger partial charge in [-0.05, 0) is 49.4 Å². The molecule has 0 radical (unpaired) electrons. The molecule has 1 atom stereocenters. The SMILES string of the molecule is C[C@@H](NC(=O)Cc1cc2cnn(-c3ccc(F)cc3)c2cn1)c1ccccn1. The number of amides is 1. The van der Waals surface area contributed by atoms with Gasteiger partial charge in [0.25, 0.3) is 0 Å². The lowest BCUT2D eigenvalue weighted by Gasteiger charge is -2.13. The van der Waals surface area contributed by atoms with E-state index < -0.39 is 0 Å². The van der Waals surface area contributed by atoms with Gasteiger partial charge in [-0.1, -0.05) is 6.07 Å². The summed E-state index contributed by atoms with van der Waals surface area (Å²) in [6.45, 7) is 1.89. The molecule has 0 saturated carbocycles. The van der Waals surface area contributed by atoms with Crippen molar-refractivity contribution in [1.82, 2.24) is 25.1 Å². The minimum absolute atomic E-state index is 0.129. The molecule has 0 bridgehead atoms. The monoisotopic (exact) mass is 375 g/mol. The van der Waals surface area contributed by atoms with Crippen molar-refractivity contribution < 1.29 is 9.18 Å². The van der Waals surface area contributed by atoms with Gasteiger partial charge in [-0.2, -0.15) is 5.10 Å². The quantitative estimate of drug-likeness (QED) is 0.580. The molecule has 3 heterocycles. The van der Waals surface area contributed by atoms with Crippen molar-refractivity contribution >= 4 is 16.8 Å². The number of fused-ring (bicyclic) bond motifs is 1. The Morgan fingerprint density at radius 3 is 2.71 bits per heavy atom. The number of benzene rings is 1. The second kappa shape index (κ2) is 7.56. The van der Waals surface area contributed by atoms with Crippen molar-refractivity contribution in [3.05, 3.63) is 84.3 Å². The summed E-state index contributed by atoms with van der Waals surface area (Å²) in [6.07, 6.45) is 5.25. The Hall–Kier alpha value is -3.61. The Morgan fingerprint density at radius 1 is 1.14 bits per heavy atom. The van der Waals surface area contributed by atoms with Crippen LogP contribution >= 0.6 is 0 Å². The molecule has 1 N–H and O–H groups in total. The summed E-state index contributed by atoms with van der Waals surface area (Å²) < 4.78 is 14.8. The Bertz CT molecular complexity index is 1110. The van der Waals surface area contributed by atoms with Gasteiger partial charge in [0, 0.05) is 11.6 Å². The molecule has 0 aliphatic heterocycles. The zero-order chi connectivity index (χ0) is 19.5. The molecule has 1 amide bonds. The molecule has 0 aliphatic carbocycles. The van der Waals surface area contributed by atoms with Crippen LogP contribution in [-0.4, -0.2) is 25.7 Å². The van der Waals surface area contributed by atoms with Gasteiger partial charge >= 0.3 is 0 Å². The predicted molar refractivity (Wildman–Crippen MR) is 103 cm³/mol. The maximum absolute atomic E-state index is 13.1. The number of hydrogen-bond acceptors (Lipinski definition) is 4. The first-order valence-electron chi connectivity index (χ1n) is 8.89. The van der Waals surface area contributed by atoms with E-state index in [0.717, 1.165) is 22.3 Å². The third-order valence-electron chi connectivity index (χ3n) is 4.43. The number of nitrogens with one attached hydrogen (secondary N) is 1. The maximum Gasteiger partial charge on any atom is 0.226 e. The lowest BCUT2D eigenvalue weighted by atomic mass is 10.2. The fraction of sp³-hybridized carbons (Fsp3) is 0.143. The van der Waals surface area contributed by atoms with E-state index in [1.807, 2.05) is 31.2 Å². The number of hydrogen-bond donors (Lipinski definition) is 1. The molecule has 0 unspecified atom stereocenters. The van der Waals surface area contributed by atoms with Crippen molar-refractivity contribution in [3.63, 3.8) is 0 Å². The molecule has 1 aromatic carbocycles. The number of carbonyl (C=O) groups excluding carboxylic acids is 1. The van der Waals surface area contributed by atoms with Gasteiger partial charge in [0.1, 0.15) is 5.82 Å². The molecule has 0 spiro atoms. The molecule has 0 aliphatic rings. The van der Waals surface area contributed by atoms with E-state index in [4.69, 9.17) is 0 Å². The zero-order valence-corrected chi connectivity index (χ0v) is 15.2. The average molecular weight is 375 g/mol. The number of aromatic nitrogens is 4. The third-order valence-corrected chi connectivity index (χ3v) is 4.43. The topological polar surface area (TPSA) is 72.7 Å². The summed E-state index contributed by atoms with van der Waals surface area (Å²) in [5.74, 6) is -0.428. The predicted octanol–water partition coefficient (Wildman–Crippen LogP) is 3.37. The highest BCUT2D eigenvalue weighted by molar-refractivity contribution is 5.83. The Labute approximate surface area is 161 Å². The van der Waals surface area contributed by atoms with E-state index in [2.05, 4.69) is 20.4 Å². The van der Waals surface area contributed by atoms with Gasteiger partial charge in [-0.15, -0.1) is 0 Å². The summed E-state index contributed by atoms with van der Waals surface area (Å²) in [5.41, 5.74) is 2.99. The highest BCUT2D eigenvalue weighted by Crippen LogP contribution is 2.19. The fourth-order valence-electron chi connectivity index (χ4n) is 3.02. The van der Waals surface area contributed by atoms with E-state index in [1.165, 1.54) is 12.1 Å². The van der Waals surface area contributed by atoms with Crippen LogP contribution in [-0.2, 0) is 11.2 Å². The maximum atomic E-state index is 13.1. The van der Waals surface area contributed by atoms with Crippen LogP contribution in [0.15, 0.2) is 67.1 Å². The second-order valence-electron chi connectivity index (χ2n) is 6.49. The van der Waals surface area contributed by atoms with Crippen LogP contribution in [0.5, 0.6) is 0 Å². The van der Waals surface area contributed by atoms with Crippen molar-refractivity contribution in [2.45, 2.75) is 19.4 Å². The van der Waals surface area contributed by atoms with Crippen molar-refractivity contribution in [2.24, 2.45) is 0 Å². The molecule has 140 valence electrons. The van der Waals surface area contributed by atoms with Crippen LogP contribution in [0.25, 0.3) is 16.6 Å². The summed E-state index contributed by atoms with van der Waals surface area (Å²) in [4.78, 5) is 21.0. The van der Waals surface area contributed by atoms with E-state index in [9.17, 15) is 9.18 Å². The van der Waals surface area contributed by atoms with Gasteiger partial charge in [-0.3, -0.25) is 14.8 Å². The van der Waals surface area contributed by atoms with Gasteiger partial charge in [0.15, 0.2) is 0 Å². The van der Waals surface area contributed by atoms with Crippen LogP contribution in [0, 0.1) is 5.82 Å². The molecular formula is C21H18FN5O. The van der Waals surface area contributed by atoms with E-state index in [1.54, 1.807) is 35.4 Å². The molecule has 28 heavy (non-hydrogen) atoms. The fourth-order valence-corrected chi connectivity index (χ4v) is 3.02. The largest absolute Gasteiger partial charge is 0.348 e. The molecular weight excluding hydrogens is 357 g/mol. The van der Waals surface area contributed by atoms with Crippen molar-refractivity contribution in [3.8, 4) is 5.69 Å². The molecule has 4 aromatic rings. The van der Waals surface area contributed by atoms with Crippen molar-refractivity contribution in [1.29, 1.82) is 0 Å². The molecule has 0 fully saturated rings. The number of rotatable bonds is 5. The molecule has 7 heteroatoms. The van der Waals surface area contributed by atoms with E-state index in [-0.39, 0.29) is 24.2 Å². The summed E-state index contributed by atoms with van der Waals surface area (Å²) in [5, 5.41) is 8.14. The smallest absolute Gasteiger partial charge is 0.226 e. The number of halogens is 1. The Balaban J connectivity index is 1.49. The molecule has 6 nitrogen and oxygen atoms in total. The van der Waals surface area contributed by atoms with Crippen LogP contribution in [0.1, 0.15) is 24.4 Å². The lowest BCUT2D eigenvalue weighted by Crippen LogP contribution is -2.28. The van der Waals surface area contributed by atoms with Crippen molar-refractivity contribution in [2.75, 3.05) is 0 Å². The highest BCUT2D eigenvalue weighted by Gasteiger charge is 2.13. The number of pyridine rings is 2. The molecule has 3 aromatic heterocycles. The third kappa shape index (κ3) is 3.73. The summed E-state index contributed by atoms with van der Waals surface area (Å²) in [6, 6.07) is 13.3. The van der Waals surface area contributed by atoms with Crippen LogP contribution in [0.3, 0.4) is 0 Å². The number of carbonyl (C=O) groups is 1. The summed E-state index contributed by atoms with van der Waals surface area (Å²) >= 11 is 0. The Morgan fingerprint density at radius 2 is 1.96 bits per heavy atom. The standard InChI is InChI=1S/C21H18FN5O/c1-14(19-4-2-3-9-23-19)26-21(28)11-17-10-15-12-25-27(20(15)13-24-17)18-7-5-16(22)6-8-18/h2-10,12-14H,11H2,1H3,(H,26,28)/t14-/m1/s1. The van der Waals surface area contributed by atoms with Gasteiger partial charge in [0.2, 0.25) is 5.91 Å². The van der Waals surface area contributed by atoms with Crippen LogP contribution in [0.4, 0.5) is 4.39 Å². The first kappa shape index (κ1) is 17.8. The highest BCUT2D eigenvalue weighted by atomic mass is 19.1. The van der Waals surface area contributed by atoms with Crippen LogP contribution in [0.2, 0.25) is 0 Å². The molecule has 0 saturated heterocycles. The molecule has 4 rings (SSSR count). The van der Waals surface area contributed by atoms with E-state index >= 15 is 0 Å². The zero-order valence-electron chi connectivity index (χ0n) is 15.2. The van der Waals surface area contributed by atoms with Gasteiger partial charge < -0.3 is 5.32 Å².